The molecule has 0 saturated carbocycles. The molecule has 0 aliphatic rings. The van der Waals surface area contributed by atoms with Gasteiger partial charge in [0.1, 0.15) is 0 Å². The monoisotopic (exact) mass is 284 g/mol. The Balaban J connectivity index is 1.98. The standard InChI is InChI=1S/C17H17ClN2/c1-12-2-4-15(16(18)8-12)11-20-7-6-14-9-13(10-19)3-5-17(14)20/h2-9H,10-11,19H2,1H3. The Kier molecular flexibility index (Phi) is 3.51. The fourth-order valence-electron chi connectivity index (χ4n) is 2.48. The topological polar surface area (TPSA) is 30.9 Å². The maximum absolute atomic E-state index is 6.32. The van der Waals surface area contributed by atoms with Crippen LogP contribution in [0, 0.1) is 6.92 Å². The predicted molar refractivity (Wildman–Crippen MR) is 85.1 cm³/mol. The molecule has 0 bridgehead atoms. The summed E-state index contributed by atoms with van der Waals surface area (Å²) < 4.78 is 2.21. The Morgan fingerprint density at radius 1 is 1.10 bits per heavy atom. The van der Waals surface area contributed by atoms with Crippen LogP contribution < -0.4 is 5.73 Å². The molecule has 0 fully saturated rings. The van der Waals surface area contributed by atoms with E-state index in [1.807, 2.05) is 6.07 Å². The van der Waals surface area contributed by atoms with Crippen molar-refractivity contribution < 1.29 is 0 Å². The summed E-state index contributed by atoms with van der Waals surface area (Å²) in [5, 5.41) is 2.04. The normalized spacial score (nSPS) is 11.2. The Morgan fingerprint density at radius 3 is 2.70 bits per heavy atom. The number of aromatic nitrogens is 1. The summed E-state index contributed by atoms with van der Waals surface area (Å²) in [5.74, 6) is 0. The van der Waals surface area contributed by atoms with Crippen LogP contribution in [0.25, 0.3) is 10.9 Å². The molecule has 0 radical (unpaired) electrons. The minimum Gasteiger partial charge on any atom is -0.343 e. The van der Waals surface area contributed by atoms with Gasteiger partial charge in [0, 0.05) is 29.8 Å². The fraction of sp³-hybridized carbons (Fsp3) is 0.176. The van der Waals surface area contributed by atoms with Crippen molar-refractivity contribution in [3.63, 3.8) is 0 Å². The number of hydrogen-bond acceptors (Lipinski definition) is 1. The van der Waals surface area contributed by atoms with Crippen molar-refractivity contribution >= 4 is 22.5 Å². The highest BCUT2D eigenvalue weighted by molar-refractivity contribution is 6.31. The van der Waals surface area contributed by atoms with E-state index >= 15 is 0 Å². The lowest BCUT2D eigenvalue weighted by Crippen LogP contribution is -1.99. The van der Waals surface area contributed by atoms with Crippen LogP contribution in [0.4, 0.5) is 0 Å². The molecule has 2 N–H and O–H groups in total. The van der Waals surface area contributed by atoms with E-state index in [-0.39, 0.29) is 0 Å². The molecule has 2 nitrogen and oxygen atoms in total. The van der Waals surface area contributed by atoms with Gasteiger partial charge in [-0.15, -0.1) is 0 Å². The molecule has 0 saturated heterocycles. The van der Waals surface area contributed by atoms with Crippen molar-refractivity contribution in [2.24, 2.45) is 5.73 Å². The number of nitrogens with two attached hydrogens (primary N) is 1. The second-order valence-corrected chi connectivity index (χ2v) is 5.54. The lowest BCUT2D eigenvalue weighted by Gasteiger charge is -2.09. The van der Waals surface area contributed by atoms with Gasteiger partial charge in [0.15, 0.2) is 0 Å². The third-order valence-corrected chi connectivity index (χ3v) is 3.97. The first-order valence-electron chi connectivity index (χ1n) is 6.70. The van der Waals surface area contributed by atoms with Gasteiger partial charge in [-0.05, 0) is 53.3 Å². The van der Waals surface area contributed by atoms with Crippen LogP contribution in [0.5, 0.6) is 0 Å². The summed E-state index contributed by atoms with van der Waals surface area (Å²) in [6, 6.07) is 14.7. The van der Waals surface area contributed by atoms with Crippen LogP contribution >= 0.6 is 11.6 Å². The van der Waals surface area contributed by atoms with Gasteiger partial charge < -0.3 is 10.3 Å². The Labute approximate surface area is 123 Å². The Hall–Kier alpha value is -1.77. The molecular weight excluding hydrogens is 268 g/mol. The quantitative estimate of drug-likeness (QED) is 0.771. The SMILES string of the molecule is Cc1ccc(Cn2ccc3cc(CN)ccc32)c(Cl)c1. The number of nitrogens with zero attached hydrogens (tertiary/aromatic N) is 1. The van der Waals surface area contributed by atoms with E-state index in [0.717, 1.165) is 22.7 Å². The molecule has 3 heteroatoms. The molecule has 2 aromatic carbocycles. The van der Waals surface area contributed by atoms with E-state index in [2.05, 4.69) is 54.1 Å². The lowest BCUT2D eigenvalue weighted by molar-refractivity contribution is 0.836. The molecule has 3 aromatic rings. The van der Waals surface area contributed by atoms with E-state index in [9.17, 15) is 0 Å². The number of rotatable bonds is 3. The number of hydrogen-bond donors (Lipinski definition) is 1. The molecule has 0 spiro atoms. The molecule has 1 aromatic heterocycles. The third-order valence-electron chi connectivity index (χ3n) is 3.62. The summed E-state index contributed by atoms with van der Waals surface area (Å²) >= 11 is 6.32. The lowest BCUT2D eigenvalue weighted by atomic mass is 10.1. The van der Waals surface area contributed by atoms with Gasteiger partial charge in [0.05, 0.1) is 0 Å². The van der Waals surface area contributed by atoms with Gasteiger partial charge in [0.2, 0.25) is 0 Å². The average Bonchev–Trinajstić information content (AvgIpc) is 2.84. The van der Waals surface area contributed by atoms with E-state index in [4.69, 9.17) is 17.3 Å². The number of halogens is 1. The minimum absolute atomic E-state index is 0.574. The van der Waals surface area contributed by atoms with E-state index in [0.29, 0.717) is 6.54 Å². The zero-order valence-corrected chi connectivity index (χ0v) is 12.2. The van der Waals surface area contributed by atoms with Gasteiger partial charge >= 0.3 is 0 Å². The first-order chi connectivity index (χ1) is 9.67. The average molecular weight is 285 g/mol. The summed E-state index contributed by atoms with van der Waals surface area (Å²) in [5.41, 5.74) is 10.4. The van der Waals surface area contributed by atoms with Gasteiger partial charge in [0.25, 0.3) is 0 Å². The molecule has 0 aliphatic carbocycles. The minimum atomic E-state index is 0.574. The zero-order chi connectivity index (χ0) is 14.1. The van der Waals surface area contributed by atoms with Gasteiger partial charge in [-0.1, -0.05) is 29.8 Å². The van der Waals surface area contributed by atoms with Crippen molar-refractivity contribution in [3.8, 4) is 0 Å². The van der Waals surface area contributed by atoms with E-state index < -0.39 is 0 Å². The fourth-order valence-corrected chi connectivity index (χ4v) is 2.77. The molecule has 0 aliphatic heterocycles. The van der Waals surface area contributed by atoms with Gasteiger partial charge in [-0.25, -0.2) is 0 Å². The third kappa shape index (κ3) is 2.45. The molecule has 0 atom stereocenters. The van der Waals surface area contributed by atoms with Crippen LogP contribution in [0.2, 0.25) is 5.02 Å². The first kappa shape index (κ1) is 13.2. The van der Waals surface area contributed by atoms with Crippen molar-refractivity contribution in [1.82, 2.24) is 4.57 Å². The second kappa shape index (κ2) is 5.31. The van der Waals surface area contributed by atoms with Crippen LogP contribution in [0.15, 0.2) is 48.7 Å². The first-order valence-corrected chi connectivity index (χ1v) is 7.08. The Bertz CT molecular complexity index is 759. The molecule has 102 valence electrons. The number of aryl methyl sites for hydroxylation is 1. The van der Waals surface area contributed by atoms with Crippen molar-refractivity contribution in [2.45, 2.75) is 20.0 Å². The summed E-state index contributed by atoms with van der Waals surface area (Å²) in [6.45, 7) is 3.41. The van der Waals surface area contributed by atoms with Crippen molar-refractivity contribution in [1.29, 1.82) is 0 Å². The van der Waals surface area contributed by atoms with Crippen molar-refractivity contribution in [2.75, 3.05) is 0 Å². The van der Waals surface area contributed by atoms with Gasteiger partial charge in [-0.3, -0.25) is 0 Å². The molecule has 20 heavy (non-hydrogen) atoms. The maximum Gasteiger partial charge on any atom is 0.0490 e. The van der Waals surface area contributed by atoms with Gasteiger partial charge in [-0.2, -0.15) is 0 Å². The van der Waals surface area contributed by atoms with Crippen LogP contribution in [0.1, 0.15) is 16.7 Å². The zero-order valence-electron chi connectivity index (χ0n) is 11.4. The molecule has 0 amide bonds. The van der Waals surface area contributed by atoms with Crippen LogP contribution in [-0.2, 0) is 13.1 Å². The summed E-state index contributed by atoms with van der Waals surface area (Å²) in [4.78, 5) is 0. The van der Waals surface area contributed by atoms with Crippen molar-refractivity contribution in [3.05, 3.63) is 70.4 Å². The Morgan fingerprint density at radius 2 is 1.95 bits per heavy atom. The summed E-state index contributed by atoms with van der Waals surface area (Å²) in [6.07, 6.45) is 2.10. The highest BCUT2D eigenvalue weighted by Crippen LogP contribution is 2.22. The molecular formula is C17H17ClN2. The second-order valence-electron chi connectivity index (χ2n) is 5.14. The summed E-state index contributed by atoms with van der Waals surface area (Å²) in [7, 11) is 0. The number of fused-ring (bicyclic) bond motifs is 1. The van der Waals surface area contributed by atoms with Crippen LogP contribution in [-0.4, -0.2) is 4.57 Å². The van der Waals surface area contributed by atoms with Crippen LogP contribution in [0.3, 0.4) is 0 Å². The molecule has 0 unspecified atom stereocenters. The maximum atomic E-state index is 6.32. The number of benzene rings is 2. The van der Waals surface area contributed by atoms with E-state index in [1.165, 1.54) is 16.5 Å². The molecule has 1 heterocycles. The molecule has 3 rings (SSSR count). The highest BCUT2D eigenvalue weighted by atomic mass is 35.5. The largest absolute Gasteiger partial charge is 0.343 e. The van der Waals surface area contributed by atoms with E-state index in [1.54, 1.807) is 0 Å². The predicted octanol–water partition coefficient (Wildman–Crippen LogP) is 4.11. The highest BCUT2D eigenvalue weighted by Gasteiger charge is 2.05. The smallest absolute Gasteiger partial charge is 0.0490 e.